The van der Waals surface area contributed by atoms with Crippen molar-refractivity contribution >= 4 is 0 Å². The van der Waals surface area contributed by atoms with Crippen LogP contribution in [0.3, 0.4) is 0 Å². The van der Waals surface area contributed by atoms with Crippen LogP contribution in [-0.2, 0) is 10.2 Å². The van der Waals surface area contributed by atoms with Gasteiger partial charge in [-0.25, -0.2) is 0 Å². The topological polar surface area (TPSA) is 52.0 Å². The van der Waals surface area contributed by atoms with E-state index in [0.29, 0.717) is 6.42 Å². The van der Waals surface area contributed by atoms with Crippen LogP contribution in [0.25, 0.3) is 0 Å². The first-order valence-corrected chi connectivity index (χ1v) is 12.8. The zero-order valence-electron chi connectivity index (χ0n) is 19.5. The lowest BCUT2D eigenvalue weighted by Gasteiger charge is -2.46. The molecule has 6 rings (SSSR count). The molecule has 2 aromatic heterocycles. The second-order valence-electron chi connectivity index (χ2n) is 11.0. The molecule has 2 aliphatic carbocycles. The number of pyridine rings is 1. The van der Waals surface area contributed by atoms with Crippen molar-refractivity contribution < 1.29 is 17.9 Å². The minimum atomic E-state index is -4.18. The van der Waals surface area contributed by atoms with Gasteiger partial charge in [-0.05, 0) is 76.1 Å². The van der Waals surface area contributed by atoms with E-state index in [-0.39, 0.29) is 29.9 Å². The van der Waals surface area contributed by atoms with Gasteiger partial charge in [-0.15, -0.1) is 0 Å². The standard InChI is InChI=1S/C26H33F3N4O/c27-26(28,29)25(9-10-25)22-17-19(20-6-14-32-33(20)22)30-15-11-23(21-5-1-4-13-31-21)12-16-34-24(18-23)7-2-3-8-24/h1,4-6,13-14,19,22,30H,2-3,7-12,15-18H2/t19-,22-,23?/m1/s1. The number of hydrogen-bond acceptors (Lipinski definition) is 4. The smallest absolute Gasteiger partial charge is 0.375 e. The summed E-state index contributed by atoms with van der Waals surface area (Å²) in [5, 5.41) is 7.93. The van der Waals surface area contributed by atoms with E-state index in [4.69, 9.17) is 9.72 Å². The number of fused-ring (bicyclic) bond motifs is 1. The summed E-state index contributed by atoms with van der Waals surface area (Å²) in [5.41, 5.74) is 0.285. The predicted octanol–water partition coefficient (Wildman–Crippen LogP) is 5.65. The van der Waals surface area contributed by atoms with Crippen LogP contribution in [0.15, 0.2) is 36.7 Å². The van der Waals surface area contributed by atoms with Gasteiger partial charge in [0.15, 0.2) is 0 Å². The van der Waals surface area contributed by atoms with Crippen molar-refractivity contribution in [3.05, 3.63) is 48.0 Å². The van der Waals surface area contributed by atoms with E-state index >= 15 is 0 Å². The molecule has 3 fully saturated rings. The first-order chi connectivity index (χ1) is 16.4. The first kappa shape index (κ1) is 22.5. The van der Waals surface area contributed by atoms with Crippen LogP contribution >= 0.6 is 0 Å². The maximum atomic E-state index is 13.9. The second-order valence-corrected chi connectivity index (χ2v) is 11.0. The fourth-order valence-corrected chi connectivity index (χ4v) is 7.17. The molecule has 184 valence electrons. The summed E-state index contributed by atoms with van der Waals surface area (Å²) in [6, 6.07) is 7.31. The molecule has 0 aromatic carbocycles. The Bertz CT molecular complexity index is 1010. The van der Waals surface area contributed by atoms with Crippen LogP contribution in [0.4, 0.5) is 13.2 Å². The fourth-order valence-electron chi connectivity index (χ4n) is 7.17. The lowest BCUT2D eigenvalue weighted by molar-refractivity contribution is -0.200. The molecule has 1 N–H and O–H groups in total. The zero-order chi connectivity index (χ0) is 23.4. The number of ether oxygens (including phenoxy) is 1. The van der Waals surface area contributed by atoms with Gasteiger partial charge in [-0.3, -0.25) is 9.67 Å². The molecule has 3 atom stereocenters. The molecule has 1 spiro atoms. The van der Waals surface area contributed by atoms with Gasteiger partial charge in [0.1, 0.15) is 0 Å². The molecule has 0 radical (unpaired) electrons. The van der Waals surface area contributed by atoms with E-state index in [0.717, 1.165) is 56.6 Å². The molecule has 4 heterocycles. The van der Waals surface area contributed by atoms with Crippen LogP contribution in [0.1, 0.15) is 87.7 Å². The Balaban J connectivity index is 1.19. The number of rotatable bonds is 6. The zero-order valence-corrected chi connectivity index (χ0v) is 19.5. The van der Waals surface area contributed by atoms with Gasteiger partial charge in [0.05, 0.1) is 28.8 Å². The molecule has 2 aromatic rings. The number of nitrogens with zero attached hydrogens (tertiary/aromatic N) is 3. The third-order valence-electron chi connectivity index (χ3n) is 9.17. The van der Waals surface area contributed by atoms with Crippen molar-refractivity contribution in [1.29, 1.82) is 0 Å². The Morgan fingerprint density at radius 3 is 2.59 bits per heavy atom. The molecule has 0 amide bonds. The number of halogens is 3. The molecule has 1 saturated heterocycles. The molecule has 2 aliphatic heterocycles. The summed E-state index contributed by atoms with van der Waals surface area (Å²) in [4.78, 5) is 4.76. The Morgan fingerprint density at radius 1 is 1.06 bits per heavy atom. The molecular formula is C26H33F3N4O. The maximum absolute atomic E-state index is 13.9. The van der Waals surface area contributed by atoms with Gasteiger partial charge in [0.25, 0.3) is 0 Å². The maximum Gasteiger partial charge on any atom is 0.396 e. The van der Waals surface area contributed by atoms with Gasteiger partial charge in [0.2, 0.25) is 0 Å². The van der Waals surface area contributed by atoms with Gasteiger partial charge >= 0.3 is 6.18 Å². The van der Waals surface area contributed by atoms with Gasteiger partial charge in [0, 0.05) is 30.1 Å². The second kappa shape index (κ2) is 8.05. The van der Waals surface area contributed by atoms with E-state index < -0.39 is 17.6 Å². The number of nitrogens with one attached hydrogen (secondary N) is 1. The number of hydrogen-bond donors (Lipinski definition) is 1. The van der Waals surface area contributed by atoms with Crippen LogP contribution in [-0.4, -0.2) is 39.7 Å². The third kappa shape index (κ3) is 3.60. The van der Waals surface area contributed by atoms with E-state index in [2.05, 4.69) is 22.5 Å². The van der Waals surface area contributed by atoms with Crippen molar-refractivity contribution in [1.82, 2.24) is 20.1 Å². The highest BCUT2D eigenvalue weighted by atomic mass is 19.4. The molecule has 2 saturated carbocycles. The summed E-state index contributed by atoms with van der Waals surface area (Å²) in [6.45, 7) is 1.47. The average molecular weight is 475 g/mol. The van der Waals surface area contributed by atoms with Crippen molar-refractivity contribution in [3.63, 3.8) is 0 Å². The number of aromatic nitrogens is 3. The van der Waals surface area contributed by atoms with E-state index in [1.54, 1.807) is 10.9 Å². The molecule has 8 heteroatoms. The summed E-state index contributed by atoms with van der Waals surface area (Å²) in [5.74, 6) is 0. The molecule has 4 aliphatic rings. The van der Waals surface area contributed by atoms with Gasteiger partial charge < -0.3 is 10.1 Å². The van der Waals surface area contributed by atoms with Crippen LogP contribution in [0, 0.1) is 5.41 Å². The summed E-state index contributed by atoms with van der Waals surface area (Å²) in [6.07, 6.45) is 7.63. The van der Waals surface area contributed by atoms with E-state index in [1.165, 1.54) is 12.8 Å². The quantitative estimate of drug-likeness (QED) is 0.588. The highest BCUT2D eigenvalue weighted by Gasteiger charge is 2.69. The average Bonchev–Trinajstić information content (AvgIpc) is 3.13. The minimum absolute atomic E-state index is 0.0437. The largest absolute Gasteiger partial charge is 0.396 e. The first-order valence-electron chi connectivity index (χ1n) is 12.8. The van der Waals surface area contributed by atoms with Crippen LogP contribution in [0.2, 0.25) is 0 Å². The highest BCUT2D eigenvalue weighted by molar-refractivity contribution is 5.22. The SMILES string of the molecule is FC(F)(F)C1([C@H]2C[C@@H](NCCC3(c4ccccn4)CCOC4(CCCC4)C3)c3ccnn32)CC1. The van der Waals surface area contributed by atoms with Gasteiger partial charge in [-0.2, -0.15) is 18.3 Å². The summed E-state index contributed by atoms with van der Waals surface area (Å²) >= 11 is 0. The van der Waals surface area contributed by atoms with E-state index in [1.807, 2.05) is 18.3 Å². The Labute approximate surface area is 198 Å². The molecule has 34 heavy (non-hydrogen) atoms. The third-order valence-corrected chi connectivity index (χ3v) is 9.17. The molecular weight excluding hydrogens is 441 g/mol. The lowest BCUT2D eigenvalue weighted by atomic mass is 9.68. The fraction of sp³-hybridized carbons (Fsp3) is 0.692. The minimum Gasteiger partial charge on any atom is -0.375 e. The van der Waals surface area contributed by atoms with Crippen molar-refractivity contribution in [2.75, 3.05) is 13.2 Å². The Kier molecular flexibility index (Phi) is 5.33. The Hall–Kier alpha value is -1.93. The predicted molar refractivity (Wildman–Crippen MR) is 121 cm³/mol. The van der Waals surface area contributed by atoms with E-state index in [9.17, 15) is 13.2 Å². The lowest BCUT2D eigenvalue weighted by Crippen LogP contribution is -2.47. The molecule has 0 bridgehead atoms. The van der Waals surface area contributed by atoms with Crippen LogP contribution in [0.5, 0.6) is 0 Å². The van der Waals surface area contributed by atoms with Crippen molar-refractivity contribution in [3.8, 4) is 0 Å². The Morgan fingerprint density at radius 2 is 1.88 bits per heavy atom. The molecule has 5 nitrogen and oxygen atoms in total. The highest BCUT2D eigenvalue weighted by Crippen LogP contribution is 2.67. The summed E-state index contributed by atoms with van der Waals surface area (Å²) in [7, 11) is 0. The normalized spacial score (nSPS) is 31.6. The van der Waals surface area contributed by atoms with Gasteiger partial charge in [-0.1, -0.05) is 18.9 Å². The summed E-state index contributed by atoms with van der Waals surface area (Å²) < 4.78 is 49.6. The van der Waals surface area contributed by atoms with Crippen LogP contribution < -0.4 is 5.32 Å². The van der Waals surface area contributed by atoms with Crippen molar-refractivity contribution in [2.24, 2.45) is 5.41 Å². The number of alkyl halides is 3. The monoisotopic (exact) mass is 474 g/mol. The molecule has 1 unspecified atom stereocenters. The van der Waals surface area contributed by atoms with Crippen molar-refractivity contribution in [2.45, 2.75) is 93.5 Å².